The summed E-state index contributed by atoms with van der Waals surface area (Å²) in [5, 5.41) is 3.92. The lowest BCUT2D eigenvalue weighted by molar-refractivity contribution is 0.102. The van der Waals surface area contributed by atoms with Crippen molar-refractivity contribution in [2.75, 3.05) is 26.1 Å². The maximum atomic E-state index is 13.8. The van der Waals surface area contributed by atoms with Gasteiger partial charge in [-0.15, -0.1) is 0 Å². The van der Waals surface area contributed by atoms with Gasteiger partial charge in [0.2, 0.25) is 0 Å². The number of pyridine rings is 1. The molecule has 0 radical (unpaired) electrons. The fraction of sp³-hybridized carbons (Fsp3) is 0.214. The van der Waals surface area contributed by atoms with Crippen LogP contribution in [-0.2, 0) is 19.5 Å². The van der Waals surface area contributed by atoms with Crippen molar-refractivity contribution in [3.63, 3.8) is 0 Å². The summed E-state index contributed by atoms with van der Waals surface area (Å²) in [4.78, 5) is 21.1. The van der Waals surface area contributed by atoms with E-state index >= 15 is 0 Å². The van der Waals surface area contributed by atoms with Crippen LogP contribution in [0.2, 0.25) is 0 Å². The molecule has 172 valence electrons. The third-order valence-corrected chi connectivity index (χ3v) is 6.26. The predicted octanol–water partition coefficient (Wildman–Crippen LogP) is 5.06. The van der Waals surface area contributed by atoms with Crippen molar-refractivity contribution in [1.82, 2.24) is 9.88 Å². The van der Waals surface area contributed by atoms with Gasteiger partial charge in [-0.05, 0) is 23.8 Å². The number of aromatic nitrogens is 1. The molecular formula is C28H27N3O3. The largest absolute Gasteiger partial charge is 0.497 e. The average molecular weight is 454 g/mol. The van der Waals surface area contributed by atoms with E-state index in [9.17, 15) is 4.79 Å². The normalized spacial score (nSPS) is 13.4. The Hall–Kier alpha value is -3.90. The molecule has 0 bridgehead atoms. The maximum absolute atomic E-state index is 13.8. The second-order valence-corrected chi connectivity index (χ2v) is 8.40. The third-order valence-electron chi connectivity index (χ3n) is 6.26. The van der Waals surface area contributed by atoms with E-state index in [1.807, 2.05) is 30.3 Å². The van der Waals surface area contributed by atoms with Gasteiger partial charge in [-0.3, -0.25) is 14.7 Å². The van der Waals surface area contributed by atoms with Gasteiger partial charge in [-0.1, -0.05) is 48.5 Å². The van der Waals surface area contributed by atoms with Crippen LogP contribution in [0.25, 0.3) is 10.9 Å². The first kappa shape index (κ1) is 21.9. The highest BCUT2D eigenvalue weighted by atomic mass is 16.5. The topological polar surface area (TPSA) is 63.7 Å². The number of amides is 1. The third kappa shape index (κ3) is 4.32. The molecule has 0 saturated heterocycles. The molecule has 34 heavy (non-hydrogen) atoms. The van der Waals surface area contributed by atoms with Crippen molar-refractivity contribution in [3.05, 3.63) is 95.2 Å². The van der Waals surface area contributed by atoms with E-state index in [1.54, 1.807) is 32.4 Å². The van der Waals surface area contributed by atoms with Gasteiger partial charge in [-0.2, -0.15) is 0 Å². The number of ether oxygens (including phenoxy) is 2. The molecule has 2 heterocycles. The van der Waals surface area contributed by atoms with Crippen LogP contribution in [0.15, 0.2) is 72.8 Å². The van der Waals surface area contributed by atoms with Crippen molar-refractivity contribution in [2.45, 2.75) is 19.5 Å². The number of anilines is 1. The number of nitrogens with zero attached hydrogens (tertiary/aromatic N) is 2. The van der Waals surface area contributed by atoms with Gasteiger partial charge in [0.25, 0.3) is 5.91 Å². The lowest BCUT2D eigenvalue weighted by atomic mass is 9.94. The molecule has 0 fully saturated rings. The number of carbonyl (C=O) groups is 1. The summed E-state index contributed by atoms with van der Waals surface area (Å²) in [7, 11) is 3.18. The van der Waals surface area contributed by atoms with E-state index in [0.717, 1.165) is 41.7 Å². The highest BCUT2D eigenvalue weighted by Gasteiger charge is 2.26. The summed E-state index contributed by atoms with van der Waals surface area (Å²) in [6, 6.07) is 23.6. The van der Waals surface area contributed by atoms with Gasteiger partial charge in [0.05, 0.1) is 31.0 Å². The highest BCUT2D eigenvalue weighted by molar-refractivity contribution is 6.14. The first-order chi connectivity index (χ1) is 16.7. The van der Waals surface area contributed by atoms with Crippen LogP contribution >= 0.6 is 0 Å². The Bertz CT molecular complexity index is 1340. The van der Waals surface area contributed by atoms with E-state index in [2.05, 4.69) is 34.5 Å². The molecule has 5 rings (SSSR count). The molecule has 6 heteroatoms. The van der Waals surface area contributed by atoms with E-state index in [0.29, 0.717) is 29.3 Å². The molecule has 3 aromatic carbocycles. The standard InChI is InChI=1S/C28H27N3O3/c1-33-20-12-13-26(34-2)25(16-20)30-28(32)27-21-10-6-7-11-23(21)29-24-14-15-31(18-22(24)27)17-19-8-4-3-5-9-19/h3-13,16H,14-15,17-18H2,1-2H3,(H,30,32). The van der Waals surface area contributed by atoms with Crippen LogP contribution in [-0.4, -0.2) is 36.6 Å². The number of para-hydroxylation sites is 1. The summed E-state index contributed by atoms with van der Waals surface area (Å²) >= 11 is 0. The van der Waals surface area contributed by atoms with Crippen LogP contribution in [0, 0.1) is 0 Å². The molecule has 0 unspecified atom stereocenters. The molecule has 6 nitrogen and oxygen atoms in total. The van der Waals surface area contributed by atoms with Crippen molar-refractivity contribution < 1.29 is 14.3 Å². The first-order valence-electron chi connectivity index (χ1n) is 11.4. The molecule has 1 N–H and O–H groups in total. The zero-order chi connectivity index (χ0) is 23.5. The van der Waals surface area contributed by atoms with Crippen molar-refractivity contribution in [2.24, 2.45) is 0 Å². The number of fused-ring (bicyclic) bond motifs is 2. The van der Waals surface area contributed by atoms with Gasteiger partial charge in [0.1, 0.15) is 11.5 Å². The van der Waals surface area contributed by atoms with Crippen LogP contribution in [0.4, 0.5) is 5.69 Å². The van der Waals surface area contributed by atoms with E-state index in [1.165, 1.54) is 5.56 Å². The summed E-state index contributed by atoms with van der Waals surface area (Å²) < 4.78 is 10.8. The maximum Gasteiger partial charge on any atom is 0.256 e. The molecule has 0 aliphatic carbocycles. The monoisotopic (exact) mass is 453 g/mol. The van der Waals surface area contributed by atoms with Crippen molar-refractivity contribution in [3.8, 4) is 11.5 Å². The van der Waals surface area contributed by atoms with Crippen LogP contribution < -0.4 is 14.8 Å². The number of rotatable bonds is 6. The van der Waals surface area contributed by atoms with Crippen LogP contribution in [0.3, 0.4) is 0 Å². The fourth-order valence-electron chi connectivity index (χ4n) is 4.58. The number of nitrogens with one attached hydrogen (secondary N) is 1. The minimum Gasteiger partial charge on any atom is -0.497 e. The average Bonchev–Trinajstić information content (AvgIpc) is 2.87. The Morgan fingerprint density at radius 1 is 1.00 bits per heavy atom. The van der Waals surface area contributed by atoms with E-state index < -0.39 is 0 Å². The molecule has 1 amide bonds. The molecule has 0 atom stereocenters. The smallest absolute Gasteiger partial charge is 0.256 e. The predicted molar refractivity (Wildman–Crippen MR) is 134 cm³/mol. The molecule has 1 aliphatic heterocycles. The zero-order valence-electron chi connectivity index (χ0n) is 19.4. The van der Waals surface area contributed by atoms with E-state index in [4.69, 9.17) is 14.5 Å². The minimum absolute atomic E-state index is 0.178. The Morgan fingerprint density at radius 3 is 2.59 bits per heavy atom. The van der Waals surface area contributed by atoms with Crippen molar-refractivity contribution in [1.29, 1.82) is 0 Å². The van der Waals surface area contributed by atoms with Gasteiger partial charge in [0, 0.05) is 48.8 Å². The quantitative estimate of drug-likeness (QED) is 0.442. The van der Waals surface area contributed by atoms with E-state index in [-0.39, 0.29) is 5.91 Å². The first-order valence-corrected chi connectivity index (χ1v) is 11.4. The Morgan fingerprint density at radius 2 is 1.79 bits per heavy atom. The number of hydrogen-bond acceptors (Lipinski definition) is 5. The van der Waals surface area contributed by atoms with Crippen LogP contribution in [0.5, 0.6) is 11.5 Å². The lowest BCUT2D eigenvalue weighted by Gasteiger charge is -2.30. The van der Waals surface area contributed by atoms with Gasteiger partial charge in [-0.25, -0.2) is 0 Å². The number of methoxy groups -OCH3 is 2. The summed E-state index contributed by atoms with van der Waals surface area (Å²) in [5.41, 5.74) is 5.31. The lowest BCUT2D eigenvalue weighted by Crippen LogP contribution is -2.32. The minimum atomic E-state index is -0.178. The van der Waals surface area contributed by atoms with Gasteiger partial charge < -0.3 is 14.8 Å². The molecule has 0 spiro atoms. The SMILES string of the molecule is COc1ccc(OC)c(NC(=O)c2c3c(nc4ccccc24)CCN(Cc2ccccc2)C3)c1. The summed E-state index contributed by atoms with van der Waals surface area (Å²) in [5.74, 6) is 1.04. The number of hydrogen-bond donors (Lipinski definition) is 1. The van der Waals surface area contributed by atoms with Gasteiger partial charge >= 0.3 is 0 Å². The fourth-order valence-corrected chi connectivity index (χ4v) is 4.58. The van der Waals surface area contributed by atoms with Gasteiger partial charge in [0.15, 0.2) is 0 Å². The zero-order valence-corrected chi connectivity index (χ0v) is 19.4. The highest BCUT2D eigenvalue weighted by Crippen LogP contribution is 2.32. The number of benzene rings is 3. The second kappa shape index (κ2) is 9.53. The Labute approximate surface area is 199 Å². The Kier molecular flexibility index (Phi) is 6.14. The molecule has 1 aliphatic rings. The number of carbonyl (C=O) groups excluding carboxylic acids is 1. The molecule has 1 aromatic heterocycles. The summed E-state index contributed by atoms with van der Waals surface area (Å²) in [6.45, 7) is 2.40. The molecule has 0 saturated carbocycles. The van der Waals surface area contributed by atoms with Crippen LogP contribution in [0.1, 0.15) is 27.2 Å². The second-order valence-electron chi connectivity index (χ2n) is 8.40. The Balaban J connectivity index is 1.54. The summed E-state index contributed by atoms with van der Waals surface area (Å²) in [6.07, 6.45) is 0.801. The van der Waals surface area contributed by atoms with Crippen molar-refractivity contribution >= 4 is 22.5 Å². The molecule has 4 aromatic rings. The molecular weight excluding hydrogens is 426 g/mol.